The lowest BCUT2D eigenvalue weighted by atomic mass is 10.1. The molecule has 6 aliphatic rings. The van der Waals surface area contributed by atoms with E-state index in [1.165, 1.54) is 42.8 Å². The van der Waals surface area contributed by atoms with E-state index in [-0.39, 0.29) is 71.0 Å². The molecule has 0 aliphatic carbocycles. The van der Waals surface area contributed by atoms with Gasteiger partial charge in [-0.15, -0.1) is 31.2 Å². The molecular weight excluding hydrogens is 1170 g/mol. The summed E-state index contributed by atoms with van der Waals surface area (Å²) in [6, 6.07) is 35.9. The van der Waals surface area contributed by atoms with Crippen LogP contribution in [0.15, 0.2) is 146 Å². The molecule has 3 saturated heterocycles. The molecular formula is C66H57BrCl2F3N9O3. The quantitative estimate of drug-likeness (QED) is 0.137. The fourth-order valence-corrected chi connectivity index (χ4v) is 12.4. The highest BCUT2D eigenvalue weighted by Gasteiger charge is 2.36. The maximum absolute atomic E-state index is 13.3. The van der Waals surface area contributed by atoms with Crippen molar-refractivity contribution in [3.8, 4) is 36.0 Å². The van der Waals surface area contributed by atoms with Crippen molar-refractivity contribution in [3.63, 3.8) is 0 Å². The summed E-state index contributed by atoms with van der Waals surface area (Å²) in [5, 5.41) is 1.97. The normalized spacial score (nSPS) is 18.0. The zero-order valence-corrected chi connectivity index (χ0v) is 48.8. The van der Waals surface area contributed by atoms with Gasteiger partial charge in [-0.05, 0) is 167 Å². The van der Waals surface area contributed by atoms with Crippen molar-refractivity contribution >= 4 is 73.5 Å². The number of fused-ring (bicyclic) bond motifs is 12. The predicted octanol–water partition coefficient (Wildman–Crippen LogP) is 11.1. The summed E-state index contributed by atoms with van der Waals surface area (Å²) in [6.07, 6.45) is 11.7. The molecule has 0 N–H and O–H groups in total. The molecule has 6 aromatic carbocycles. The molecule has 84 heavy (non-hydrogen) atoms. The van der Waals surface area contributed by atoms with Crippen molar-refractivity contribution in [1.82, 2.24) is 43.4 Å². The number of hydrogen-bond acceptors (Lipinski definition) is 9. The number of nitrogens with zero attached hydrogens (tertiary/aromatic N) is 9. The molecule has 9 aromatic rings. The minimum absolute atomic E-state index is 0. The lowest BCUT2D eigenvalue weighted by molar-refractivity contribution is 0.198. The van der Waals surface area contributed by atoms with Gasteiger partial charge in [0.1, 0.15) is 34.9 Å². The zero-order valence-electron chi connectivity index (χ0n) is 45.6. The van der Waals surface area contributed by atoms with Crippen LogP contribution < -0.4 is 16.7 Å². The standard InChI is InChI=1S/2C22H18FN3O.C14H14BrN3O.C8H5F.2ClH/c2*23-17-4-1-3-15(13-17)6-7-16-8-9-18-19(14-16)24-21-20-5-2-10-25(20)11-12-26(21)22(18)27;15-9-3-4-10-11(8-9)16-13-12-2-1-5-17(12)6-7-18(13)14(10)19;1-2-7-4-3-5-8(9)6-7;;/h2*1,3-4,8-9,13-14,20H,2,5,10-12H2;3-4,8,12H,1-2,5-7H2;1,3-6H;2*1H. The first-order chi connectivity index (χ1) is 39.9. The summed E-state index contributed by atoms with van der Waals surface area (Å²) < 4.78 is 45.4. The molecule has 426 valence electrons. The van der Waals surface area contributed by atoms with Crippen LogP contribution in [0.4, 0.5) is 13.2 Å². The average Bonchev–Trinajstić information content (AvgIpc) is 1.63. The Bertz CT molecular complexity index is 4180. The van der Waals surface area contributed by atoms with E-state index >= 15 is 0 Å². The van der Waals surface area contributed by atoms with Gasteiger partial charge in [-0.25, -0.2) is 28.1 Å². The van der Waals surface area contributed by atoms with Crippen LogP contribution in [0.5, 0.6) is 0 Å². The van der Waals surface area contributed by atoms with Crippen LogP contribution in [0.25, 0.3) is 32.7 Å². The lowest BCUT2D eigenvalue weighted by Gasteiger charge is -2.31. The molecule has 0 amide bonds. The monoisotopic (exact) mass is 1230 g/mol. The van der Waals surface area contributed by atoms with Gasteiger partial charge in [0.15, 0.2) is 0 Å². The summed E-state index contributed by atoms with van der Waals surface area (Å²) in [7, 11) is 0. The molecule has 15 rings (SSSR count). The Morgan fingerprint density at radius 2 is 0.750 bits per heavy atom. The fraction of sp³-hybridized carbons (Fsp3) is 0.273. The van der Waals surface area contributed by atoms with Crippen LogP contribution in [0, 0.1) is 53.5 Å². The topological polar surface area (TPSA) is 114 Å². The maximum atomic E-state index is 13.3. The minimum atomic E-state index is -0.303. The van der Waals surface area contributed by atoms with Crippen LogP contribution in [-0.2, 0) is 19.6 Å². The molecule has 3 atom stereocenters. The Morgan fingerprint density at radius 1 is 0.417 bits per heavy atom. The Balaban J connectivity index is 0.000000131. The minimum Gasteiger partial charge on any atom is -0.293 e. The SMILES string of the molecule is C#Cc1cccc(F)c1.Cl.Cl.O=c1c2ccc(Br)cc2nc2n1CCN1CCCC21.O=c1c2ccc(C#Cc3cccc(F)c3)cc2nc2n1CCN1CCCC21.O=c1c2ccc(C#Cc3cccc(F)c3)cc2nc2n1CCN1CCCC21. The van der Waals surface area contributed by atoms with Gasteiger partial charge >= 0.3 is 0 Å². The van der Waals surface area contributed by atoms with E-state index in [4.69, 9.17) is 21.4 Å². The molecule has 0 spiro atoms. The second kappa shape index (κ2) is 26.0. The Kier molecular flexibility index (Phi) is 18.3. The number of hydrogen-bond donors (Lipinski definition) is 0. The summed E-state index contributed by atoms with van der Waals surface area (Å²) in [5.74, 6) is 16.2. The van der Waals surface area contributed by atoms with Gasteiger partial charge in [0, 0.05) is 71.6 Å². The molecule has 18 heteroatoms. The second-order valence-corrected chi connectivity index (χ2v) is 22.1. The fourth-order valence-electron chi connectivity index (χ4n) is 12.1. The molecule has 3 aromatic heterocycles. The van der Waals surface area contributed by atoms with Crippen LogP contribution in [-0.4, -0.2) is 82.6 Å². The van der Waals surface area contributed by atoms with Crippen LogP contribution in [0.2, 0.25) is 0 Å². The smallest absolute Gasteiger partial charge is 0.261 e. The maximum Gasteiger partial charge on any atom is 0.261 e. The average molecular weight is 1230 g/mol. The highest BCUT2D eigenvalue weighted by molar-refractivity contribution is 9.10. The van der Waals surface area contributed by atoms with E-state index in [1.807, 2.05) is 56.2 Å². The molecule has 3 fully saturated rings. The predicted molar refractivity (Wildman–Crippen MR) is 330 cm³/mol. The van der Waals surface area contributed by atoms with E-state index in [2.05, 4.69) is 60.2 Å². The Morgan fingerprint density at radius 3 is 1.11 bits per heavy atom. The van der Waals surface area contributed by atoms with Gasteiger partial charge in [-0.2, -0.15) is 0 Å². The van der Waals surface area contributed by atoms with E-state index in [1.54, 1.807) is 48.5 Å². The zero-order chi connectivity index (χ0) is 56.4. The number of halogens is 6. The number of terminal acetylenes is 1. The first-order valence-corrected chi connectivity index (χ1v) is 28.5. The summed E-state index contributed by atoms with van der Waals surface area (Å²) in [5.41, 5.74) is 5.71. The van der Waals surface area contributed by atoms with Gasteiger partial charge in [-0.1, -0.05) is 63.7 Å². The summed E-state index contributed by atoms with van der Waals surface area (Å²) in [6.45, 7) is 8.28. The third-order valence-corrected chi connectivity index (χ3v) is 16.6. The summed E-state index contributed by atoms with van der Waals surface area (Å²) in [4.78, 5) is 60.1. The van der Waals surface area contributed by atoms with Crippen molar-refractivity contribution in [2.45, 2.75) is 76.3 Å². The lowest BCUT2D eigenvalue weighted by Crippen LogP contribution is -2.40. The number of rotatable bonds is 0. The molecule has 0 radical (unpaired) electrons. The van der Waals surface area contributed by atoms with Crippen molar-refractivity contribution < 1.29 is 13.2 Å². The highest BCUT2D eigenvalue weighted by atomic mass is 79.9. The second-order valence-electron chi connectivity index (χ2n) is 21.2. The van der Waals surface area contributed by atoms with Crippen LogP contribution in [0.3, 0.4) is 0 Å². The first-order valence-electron chi connectivity index (χ1n) is 27.7. The third-order valence-electron chi connectivity index (χ3n) is 16.1. The Labute approximate surface area is 504 Å². The van der Waals surface area contributed by atoms with E-state index in [0.717, 1.165) is 122 Å². The van der Waals surface area contributed by atoms with E-state index in [9.17, 15) is 27.6 Å². The van der Waals surface area contributed by atoms with Crippen LogP contribution in [0.1, 0.15) is 102 Å². The van der Waals surface area contributed by atoms with Gasteiger partial charge in [0.05, 0.1) is 50.8 Å². The van der Waals surface area contributed by atoms with Crippen LogP contribution >= 0.6 is 40.7 Å². The van der Waals surface area contributed by atoms with Gasteiger partial charge < -0.3 is 0 Å². The molecule has 12 nitrogen and oxygen atoms in total. The Hall–Kier alpha value is -7.85. The largest absolute Gasteiger partial charge is 0.293 e. The van der Waals surface area contributed by atoms with E-state index in [0.29, 0.717) is 57.6 Å². The van der Waals surface area contributed by atoms with Gasteiger partial charge in [0.2, 0.25) is 0 Å². The molecule has 0 bridgehead atoms. The van der Waals surface area contributed by atoms with E-state index < -0.39 is 0 Å². The molecule has 0 saturated carbocycles. The molecule has 6 aliphatic heterocycles. The van der Waals surface area contributed by atoms with Crippen molar-refractivity contribution in [2.75, 3.05) is 39.3 Å². The number of aromatic nitrogens is 6. The third kappa shape index (κ3) is 12.5. The van der Waals surface area contributed by atoms with Gasteiger partial charge in [0.25, 0.3) is 16.7 Å². The summed E-state index contributed by atoms with van der Waals surface area (Å²) >= 11 is 3.45. The van der Waals surface area contributed by atoms with Crippen molar-refractivity contribution in [1.29, 1.82) is 0 Å². The van der Waals surface area contributed by atoms with Gasteiger partial charge in [-0.3, -0.25) is 42.8 Å². The highest BCUT2D eigenvalue weighted by Crippen LogP contribution is 2.36. The molecule has 3 unspecified atom stereocenters. The van der Waals surface area contributed by atoms with Crippen molar-refractivity contribution in [2.24, 2.45) is 0 Å². The first kappa shape index (κ1) is 59.3. The number of benzene rings is 6. The van der Waals surface area contributed by atoms with Crippen molar-refractivity contribution in [3.05, 3.63) is 226 Å². The molecule has 9 heterocycles.